The lowest BCUT2D eigenvalue weighted by Gasteiger charge is -2.08. The van der Waals surface area contributed by atoms with Gasteiger partial charge in [0.15, 0.2) is 0 Å². The summed E-state index contributed by atoms with van der Waals surface area (Å²) in [6, 6.07) is 12.4. The number of hydrogen-bond acceptors (Lipinski definition) is 4. The monoisotopic (exact) mass is 358 g/mol. The fourth-order valence-electron chi connectivity index (χ4n) is 2.76. The molecule has 1 aromatic carbocycles. The van der Waals surface area contributed by atoms with Crippen molar-refractivity contribution in [1.82, 2.24) is 10.6 Å². The number of hydrogen-bond donors (Lipinski definition) is 4. The molecule has 0 spiro atoms. The second kappa shape index (κ2) is 8.64. The number of carbonyl (C=O) groups excluding carboxylic acids is 2. The minimum Gasteiger partial charge on any atom is -0.351 e. The fraction of sp³-hybridized carbons (Fsp3) is 0.333. The van der Waals surface area contributed by atoms with E-state index in [-0.39, 0.29) is 11.9 Å². The lowest BCUT2D eigenvalue weighted by molar-refractivity contribution is 0.0955. The average molecular weight is 358 g/mol. The van der Waals surface area contributed by atoms with Crippen LogP contribution in [0.15, 0.2) is 42.5 Å². The minimum absolute atomic E-state index is 0.0903. The topological polar surface area (TPSA) is 82.3 Å². The maximum Gasteiger partial charge on any atom is 0.324 e. The van der Waals surface area contributed by atoms with E-state index in [0.717, 1.165) is 25.2 Å². The molecule has 1 fully saturated rings. The number of amides is 3. The molecular weight excluding hydrogens is 336 g/mol. The highest BCUT2D eigenvalue weighted by Gasteiger charge is 2.15. The number of para-hydroxylation sites is 1. The molecule has 0 radical (unpaired) electrons. The first-order valence-corrected chi connectivity index (χ1v) is 9.24. The molecule has 0 aliphatic carbocycles. The van der Waals surface area contributed by atoms with Gasteiger partial charge in [0.2, 0.25) is 0 Å². The van der Waals surface area contributed by atoms with Gasteiger partial charge >= 0.3 is 6.03 Å². The molecule has 1 saturated heterocycles. The van der Waals surface area contributed by atoms with Crippen molar-refractivity contribution in [2.75, 3.05) is 30.3 Å². The molecule has 0 bridgehead atoms. The standard InChI is InChI=1S/C18H22N4O2S/c23-17(20-11-9-13-8-10-19-12-13)15-6-7-16(25-15)22-18(24)21-14-4-2-1-3-5-14/h1-7,13,19H,8-12H2,(H,20,23)(H2,21,22,24). The van der Waals surface area contributed by atoms with Gasteiger partial charge < -0.3 is 16.0 Å². The largest absolute Gasteiger partial charge is 0.351 e. The van der Waals surface area contributed by atoms with Crippen LogP contribution in [0.1, 0.15) is 22.5 Å². The highest BCUT2D eigenvalue weighted by atomic mass is 32.1. The van der Waals surface area contributed by atoms with Gasteiger partial charge in [-0.25, -0.2) is 4.79 Å². The van der Waals surface area contributed by atoms with Crippen molar-refractivity contribution in [2.45, 2.75) is 12.8 Å². The zero-order valence-corrected chi connectivity index (χ0v) is 14.7. The third-order valence-electron chi connectivity index (χ3n) is 4.10. The van der Waals surface area contributed by atoms with Crippen LogP contribution in [-0.2, 0) is 0 Å². The Morgan fingerprint density at radius 1 is 1.12 bits per heavy atom. The van der Waals surface area contributed by atoms with Crippen molar-refractivity contribution in [3.63, 3.8) is 0 Å². The van der Waals surface area contributed by atoms with Gasteiger partial charge in [0.05, 0.1) is 9.88 Å². The Labute approximate surface area is 151 Å². The van der Waals surface area contributed by atoms with Crippen molar-refractivity contribution in [2.24, 2.45) is 5.92 Å². The van der Waals surface area contributed by atoms with Crippen LogP contribution in [0, 0.1) is 5.92 Å². The number of nitrogens with one attached hydrogen (secondary N) is 4. The summed E-state index contributed by atoms with van der Waals surface area (Å²) in [6.07, 6.45) is 2.17. The Kier molecular flexibility index (Phi) is 6.03. The first kappa shape index (κ1) is 17.4. The van der Waals surface area contributed by atoms with Crippen LogP contribution in [0.3, 0.4) is 0 Å². The van der Waals surface area contributed by atoms with Crippen LogP contribution in [0.25, 0.3) is 0 Å². The molecule has 3 rings (SSSR count). The maximum absolute atomic E-state index is 12.2. The van der Waals surface area contributed by atoms with Gasteiger partial charge in [-0.05, 0) is 56.1 Å². The van der Waals surface area contributed by atoms with E-state index in [1.165, 1.54) is 17.8 Å². The number of rotatable bonds is 6. The molecule has 7 heteroatoms. The van der Waals surface area contributed by atoms with Crippen LogP contribution < -0.4 is 21.3 Å². The van der Waals surface area contributed by atoms with Gasteiger partial charge in [-0.3, -0.25) is 10.1 Å². The van der Waals surface area contributed by atoms with Gasteiger partial charge in [0, 0.05) is 12.2 Å². The molecule has 0 saturated carbocycles. The number of benzene rings is 1. The van der Waals surface area contributed by atoms with Gasteiger partial charge in [-0.1, -0.05) is 18.2 Å². The third-order valence-corrected chi connectivity index (χ3v) is 5.10. The molecule has 6 nitrogen and oxygen atoms in total. The van der Waals surface area contributed by atoms with Gasteiger partial charge in [0.1, 0.15) is 0 Å². The Bertz CT molecular complexity index is 711. The second-order valence-electron chi connectivity index (χ2n) is 6.01. The SMILES string of the molecule is O=C(Nc1ccccc1)Nc1ccc(C(=O)NCCC2CCNC2)s1. The molecule has 1 aliphatic heterocycles. The van der Waals surface area contributed by atoms with Crippen molar-refractivity contribution in [3.05, 3.63) is 47.3 Å². The van der Waals surface area contributed by atoms with Crippen molar-refractivity contribution in [1.29, 1.82) is 0 Å². The predicted octanol–water partition coefficient (Wildman–Crippen LogP) is 3.12. The molecule has 25 heavy (non-hydrogen) atoms. The smallest absolute Gasteiger partial charge is 0.324 e. The average Bonchev–Trinajstić information content (AvgIpc) is 3.27. The van der Waals surface area contributed by atoms with E-state index in [4.69, 9.17) is 0 Å². The molecule has 1 aromatic heterocycles. The summed E-state index contributed by atoms with van der Waals surface area (Å²) in [5.41, 5.74) is 0.718. The molecule has 2 aromatic rings. The molecule has 3 amide bonds. The van der Waals surface area contributed by atoms with Crippen LogP contribution in [0.5, 0.6) is 0 Å². The van der Waals surface area contributed by atoms with Crippen molar-refractivity contribution < 1.29 is 9.59 Å². The summed E-state index contributed by atoms with van der Waals surface area (Å²) < 4.78 is 0. The molecule has 132 valence electrons. The fourth-order valence-corrected chi connectivity index (χ4v) is 3.58. The zero-order chi connectivity index (χ0) is 17.5. The molecule has 1 atom stereocenters. The van der Waals surface area contributed by atoms with Crippen LogP contribution in [0.2, 0.25) is 0 Å². The van der Waals surface area contributed by atoms with Gasteiger partial charge in [-0.2, -0.15) is 0 Å². The quantitative estimate of drug-likeness (QED) is 0.640. The second-order valence-corrected chi connectivity index (χ2v) is 7.10. The third kappa shape index (κ3) is 5.30. The van der Waals surface area contributed by atoms with E-state index in [1.54, 1.807) is 12.1 Å². The normalized spacial score (nSPS) is 16.4. The van der Waals surface area contributed by atoms with Crippen LogP contribution >= 0.6 is 11.3 Å². The number of urea groups is 1. The van der Waals surface area contributed by atoms with E-state index < -0.39 is 0 Å². The highest BCUT2D eigenvalue weighted by Crippen LogP contribution is 2.22. The summed E-state index contributed by atoms with van der Waals surface area (Å²) in [4.78, 5) is 24.7. The van der Waals surface area contributed by atoms with Gasteiger partial charge in [-0.15, -0.1) is 11.3 Å². The molecule has 1 unspecified atom stereocenters. The summed E-state index contributed by atoms with van der Waals surface area (Å²) >= 11 is 1.27. The number of thiophene rings is 1. The lowest BCUT2D eigenvalue weighted by atomic mass is 10.1. The Morgan fingerprint density at radius 2 is 1.96 bits per heavy atom. The molecule has 4 N–H and O–H groups in total. The first-order valence-electron chi connectivity index (χ1n) is 8.42. The van der Waals surface area contributed by atoms with E-state index in [1.807, 2.05) is 30.3 Å². The Hall–Kier alpha value is -2.38. The lowest BCUT2D eigenvalue weighted by Crippen LogP contribution is -2.25. The Balaban J connectivity index is 1.44. The molecule has 1 aliphatic rings. The van der Waals surface area contributed by atoms with E-state index >= 15 is 0 Å². The van der Waals surface area contributed by atoms with E-state index in [9.17, 15) is 9.59 Å². The summed E-state index contributed by atoms with van der Waals surface area (Å²) in [5.74, 6) is 0.565. The minimum atomic E-state index is -0.325. The Morgan fingerprint density at radius 3 is 2.72 bits per heavy atom. The summed E-state index contributed by atoms with van der Waals surface area (Å²) in [7, 11) is 0. The number of anilines is 2. The highest BCUT2D eigenvalue weighted by molar-refractivity contribution is 7.18. The van der Waals surface area contributed by atoms with Crippen LogP contribution in [0.4, 0.5) is 15.5 Å². The first-order chi connectivity index (χ1) is 12.2. The van der Waals surface area contributed by atoms with Crippen LogP contribution in [-0.4, -0.2) is 31.6 Å². The summed E-state index contributed by atoms with van der Waals surface area (Å²) in [5, 5.41) is 12.4. The van der Waals surface area contributed by atoms with Crippen molar-refractivity contribution in [3.8, 4) is 0 Å². The van der Waals surface area contributed by atoms with Gasteiger partial charge in [0.25, 0.3) is 5.91 Å². The van der Waals surface area contributed by atoms with E-state index in [2.05, 4.69) is 21.3 Å². The molecular formula is C18H22N4O2S. The number of carbonyl (C=O) groups is 2. The molecule has 2 heterocycles. The maximum atomic E-state index is 12.2. The summed E-state index contributed by atoms with van der Waals surface area (Å²) in [6.45, 7) is 2.80. The van der Waals surface area contributed by atoms with Crippen molar-refractivity contribution >= 4 is 34.0 Å². The zero-order valence-electron chi connectivity index (χ0n) is 13.9. The predicted molar refractivity (Wildman–Crippen MR) is 101 cm³/mol. The van der Waals surface area contributed by atoms with E-state index in [0.29, 0.717) is 22.3 Å².